The summed E-state index contributed by atoms with van der Waals surface area (Å²) in [5.74, 6) is -0.234. The smallest absolute Gasteiger partial charge is 0.416 e. The number of carbonyl (C=O) groups excluding carboxylic acids is 2. The monoisotopic (exact) mass is 444 g/mol. The lowest BCUT2D eigenvalue weighted by Gasteiger charge is -2.19. The van der Waals surface area contributed by atoms with Crippen molar-refractivity contribution < 1.29 is 27.5 Å². The summed E-state index contributed by atoms with van der Waals surface area (Å²) < 4.78 is 45.9. The normalized spacial score (nSPS) is 14.2. The van der Waals surface area contributed by atoms with Crippen LogP contribution in [0, 0.1) is 6.92 Å². The van der Waals surface area contributed by atoms with Crippen molar-refractivity contribution in [3.05, 3.63) is 71.0 Å². The molecular weight excluding hydrogens is 425 g/mol. The molecule has 0 spiro atoms. The third-order valence-corrected chi connectivity index (χ3v) is 5.16. The Morgan fingerprint density at radius 1 is 1.25 bits per heavy atom. The number of nitrogens with zero attached hydrogens (tertiary/aromatic N) is 2. The maximum Gasteiger partial charge on any atom is 0.416 e. The summed E-state index contributed by atoms with van der Waals surface area (Å²) in [7, 11) is 0. The average molecular weight is 444 g/mol. The summed E-state index contributed by atoms with van der Waals surface area (Å²) in [6.07, 6.45) is -2.94. The predicted octanol–water partition coefficient (Wildman–Crippen LogP) is 4.02. The Morgan fingerprint density at radius 3 is 2.78 bits per heavy atom. The van der Waals surface area contributed by atoms with Crippen LogP contribution >= 0.6 is 0 Å². The number of ether oxygens (including phenoxy) is 1. The van der Waals surface area contributed by atoms with Gasteiger partial charge in [0.25, 0.3) is 11.8 Å². The molecule has 2 N–H and O–H groups in total. The van der Waals surface area contributed by atoms with Gasteiger partial charge in [-0.1, -0.05) is 6.07 Å². The van der Waals surface area contributed by atoms with Crippen LogP contribution in [0.25, 0.3) is 5.69 Å². The molecule has 10 heteroatoms. The molecule has 0 saturated heterocycles. The van der Waals surface area contributed by atoms with E-state index in [4.69, 9.17) is 4.74 Å². The van der Waals surface area contributed by atoms with E-state index in [1.807, 2.05) is 0 Å². The first-order chi connectivity index (χ1) is 15.1. The highest BCUT2D eigenvalue weighted by Gasteiger charge is 2.31. The second-order valence-electron chi connectivity index (χ2n) is 7.39. The van der Waals surface area contributed by atoms with Gasteiger partial charge >= 0.3 is 6.18 Å². The van der Waals surface area contributed by atoms with Crippen LogP contribution in [-0.2, 0) is 11.0 Å². The van der Waals surface area contributed by atoms with E-state index < -0.39 is 17.8 Å². The summed E-state index contributed by atoms with van der Waals surface area (Å²) in [6.45, 7) is 3.36. The Balaban J connectivity index is 1.53. The maximum absolute atomic E-state index is 13.0. The highest BCUT2D eigenvalue weighted by molar-refractivity contribution is 5.99. The van der Waals surface area contributed by atoms with Crippen LogP contribution in [0.1, 0.15) is 40.1 Å². The molecule has 2 aromatic carbocycles. The van der Waals surface area contributed by atoms with E-state index in [0.29, 0.717) is 28.3 Å². The van der Waals surface area contributed by atoms with Crippen LogP contribution in [0.15, 0.2) is 48.7 Å². The summed E-state index contributed by atoms with van der Waals surface area (Å²) in [5, 5.41) is 9.72. The summed E-state index contributed by atoms with van der Waals surface area (Å²) in [4.78, 5) is 24.1. The number of halogens is 3. The number of benzene rings is 2. The van der Waals surface area contributed by atoms with Gasteiger partial charge < -0.3 is 15.4 Å². The highest BCUT2D eigenvalue weighted by Crippen LogP contribution is 2.31. The molecule has 7 nitrogen and oxygen atoms in total. The second-order valence-corrected chi connectivity index (χ2v) is 7.39. The number of hydrogen-bond donors (Lipinski definition) is 2. The fourth-order valence-electron chi connectivity index (χ4n) is 3.50. The van der Waals surface area contributed by atoms with Crippen molar-refractivity contribution in [2.75, 3.05) is 11.9 Å². The highest BCUT2D eigenvalue weighted by atomic mass is 19.4. The Kier molecular flexibility index (Phi) is 5.37. The van der Waals surface area contributed by atoms with E-state index >= 15 is 0 Å². The zero-order chi connectivity index (χ0) is 23.0. The lowest BCUT2D eigenvalue weighted by Crippen LogP contribution is -2.28. The Hall–Kier alpha value is -3.82. The number of aromatic nitrogens is 2. The second kappa shape index (κ2) is 8.03. The number of nitrogens with one attached hydrogen (secondary N) is 2. The van der Waals surface area contributed by atoms with Crippen LogP contribution in [0.2, 0.25) is 0 Å². The standard InChI is InChI=1S/C22H19F3N4O3/c1-12(27-21(31)14-6-7-18-19(8-14)32-11-20(30)28-18)17-10-26-29(13(17)2)16-5-3-4-15(9-16)22(23,24)25/h3-10,12H,11H2,1-2H3,(H,27,31)(H,28,30). The van der Waals surface area contributed by atoms with Crippen molar-refractivity contribution in [3.8, 4) is 11.4 Å². The molecule has 0 saturated carbocycles. The quantitative estimate of drug-likeness (QED) is 0.637. The third kappa shape index (κ3) is 4.16. The summed E-state index contributed by atoms with van der Waals surface area (Å²) >= 11 is 0. The van der Waals surface area contributed by atoms with E-state index in [0.717, 1.165) is 12.1 Å². The van der Waals surface area contributed by atoms with Gasteiger partial charge in [0.05, 0.1) is 29.2 Å². The van der Waals surface area contributed by atoms with E-state index in [1.165, 1.54) is 29.1 Å². The van der Waals surface area contributed by atoms with Crippen LogP contribution in [0.5, 0.6) is 5.75 Å². The lowest BCUT2D eigenvalue weighted by atomic mass is 10.1. The van der Waals surface area contributed by atoms with Gasteiger partial charge in [0.15, 0.2) is 6.61 Å². The van der Waals surface area contributed by atoms with Crippen molar-refractivity contribution in [1.82, 2.24) is 15.1 Å². The molecule has 0 radical (unpaired) electrons. The molecule has 1 aliphatic rings. The van der Waals surface area contributed by atoms with E-state index in [1.54, 1.807) is 26.0 Å². The minimum atomic E-state index is -4.46. The van der Waals surface area contributed by atoms with Crippen LogP contribution in [-0.4, -0.2) is 28.2 Å². The van der Waals surface area contributed by atoms with Crippen LogP contribution in [0.3, 0.4) is 0 Å². The van der Waals surface area contributed by atoms with E-state index in [2.05, 4.69) is 15.7 Å². The first kappa shape index (κ1) is 21.4. The molecule has 2 amide bonds. The fourth-order valence-corrected chi connectivity index (χ4v) is 3.50. The molecule has 32 heavy (non-hydrogen) atoms. The molecule has 2 heterocycles. The van der Waals surface area contributed by atoms with Gasteiger partial charge in [-0.2, -0.15) is 18.3 Å². The summed E-state index contributed by atoms with van der Waals surface area (Å²) in [5.41, 5.74) is 1.61. The average Bonchev–Trinajstić information content (AvgIpc) is 3.14. The van der Waals surface area contributed by atoms with Gasteiger partial charge in [0.2, 0.25) is 0 Å². The molecule has 4 rings (SSSR count). The maximum atomic E-state index is 13.0. The van der Waals surface area contributed by atoms with Crippen molar-refractivity contribution >= 4 is 17.5 Å². The van der Waals surface area contributed by atoms with Crippen molar-refractivity contribution in [2.45, 2.75) is 26.1 Å². The zero-order valence-corrected chi connectivity index (χ0v) is 17.2. The Bertz CT molecular complexity index is 1200. The predicted molar refractivity (Wildman–Crippen MR) is 110 cm³/mol. The Morgan fingerprint density at radius 2 is 2.03 bits per heavy atom. The van der Waals surface area contributed by atoms with Gasteiger partial charge in [-0.3, -0.25) is 9.59 Å². The van der Waals surface area contributed by atoms with Gasteiger partial charge in [-0.15, -0.1) is 0 Å². The van der Waals surface area contributed by atoms with E-state index in [9.17, 15) is 22.8 Å². The van der Waals surface area contributed by atoms with Crippen LogP contribution in [0.4, 0.5) is 18.9 Å². The van der Waals surface area contributed by atoms with Crippen LogP contribution < -0.4 is 15.4 Å². The zero-order valence-electron chi connectivity index (χ0n) is 17.2. The van der Waals surface area contributed by atoms with Gasteiger partial charge in [-0.25, -0.2) is 4.68 Å². The molecule has 166 valence electrons. The molecule has 1 aliphatic heterocycles. The minimum absolute atomic E-state index is 0.123. The number of rotatable bonds is 4. The number of carbonyl (C=O) groups is 2. The van der Waals surface area contributed by atoms with E-state index in [-0.39, 0.29) is 24.1 Å². The SMILES string of the molecule is Cc1c(C(C)NC(=O)c2ccc3c(c2)OCC(=O)N3)cnn1-c1cccc(C(F)(F)F)c1. The van der Waals surface area contributed by atoms with Gasteiger partial charge in [0.1, 0.15) is 5.75 Å². The summed E-state index contributed by atoms with van der Waals surface area (Å²) in [6, 6.07) is 9.11. The molecular formula is C22H19F3N4O3. The van der Waals surface area contributed by atoms with Gasteiger partial charge in [0, 0.05) is 16.8 Å². The molecule has 0 fully saturated rings. The molecule has 0 bridgehead atoms. The van der Waals surface area contributed by atoms with Crippen molar-refractivity contribution in [1.29, 1.82) is 0 Å². The molecule has 3 aromatic rings. The van der Waals surface area contributed by atoms with Gasteiger partial charge in [-0.05, 0) is 50.2 Å². The number of hydrogen-bond acceptors (Lipinski definition) is 4. The fraction of sp³-hybridized carbons (Fsp3) is 0.227. The third-order valence-electron chi connectivity index (χ3n) is 5.16. The number of anilines is 1. The number of fused-ring (bicyclic) bond motifs is 1. The molecule has 1 atom stereocenters. The number of amides is 2. The number of alkyl halides is 3. The van der Waals surface area contributed by atoms with Crippen molar-refractivity contribution in [2.24, 2.45) is 0 Å². The first-order valence-corrected chi connectivity index (χ1v) is 9.73. The molecule has 1 aromatic heterocycles. The molecule has 0 aliphatic carbocycles. The Labute approximate surface area is 181 Å². The topological polar surface area (TPSA) is 85.2 Å². The van der Waals surface area contributed by atoms with Crippen molar-refractivity contribution in [3.63, 3.8) is 0 Å². The molecule has 1 unspecified atom stereocenters. The lowest BCUT2D eigenvalue weighted by molar-refractivity contribution is -0.137. The largest absolute Gasteiger partial charge is 0.482 e. The first-order valence-electron chi connectivity index (χ1n) is 9.73. The minimum Gasteiger partial charge on any atom is -0.482 e.